The number of nitrogens with zero attached hydrogens (tertiary/aromatic N) is 1. The van der Waals surface area contributed by atoms with Crippen LogP contribution in [0.25, 0.3) is 0 Å². The van der Waals surface area contributed by atoms with Crippen molar-refractivity contribution in [1.29, 1.82) is 0 Å². The van der Waals surface area contributed by atoms with Crippen LogP contribution < -0.4 is 10.6 Å². The van der Waals surface area contributed by atoms with E-state index in [1.165, 1.54) is 4.90 Å². The minimum Gasteiger partial charge on any atom is -0.481 e. The lowest BCUT2D eigenvalue weighted by molar-refractivity contribution is -0.142. The van der Waals surface area contributed by atoms with Gasteiger partial charge in [-0.1, -0.05) is 0 Å². The van der Waals surface area contributed by atoms with E-state index < -0.39 is 23.9 Å². The molecule has 1 aliphatic rings. The second kappa shape index (κ2) is 5.51. The number of rotatable bonds is 3. The number of carboxylic acids is 1. The highest BCUT2D eigenvalue weighted by Gasteiger charge is 2.34. The number of nitrogens with one attached hydrogen (secondary N) is 2. The maximum atomic E-state index is 11.8. The molecule has 0 bridgehead atoms. The third-order valence-corrected chi connectivity index (χ3v) is 2.37. The van der Waals surface area contributed by atoms with Gasteiger partial charge < -0.3 is 20.6 Å². The van der Waals surface area contributed by atoms with Gasteiger partial charge in [0.2, 0.25) is 5.91 Å². The molecule has 0 aromatic heterocycles. The van der Waals surface area contributed by atoms with Crippen LogP contribution in [0.2, 0.25) is 0 Å². The second-order valence-corrected chi connectivity index (χ2v) is 4.20. The Hall–Kier alpha value is -1.79. The maximum Gasteiger partial charge on any atom is 0.318 e. The van der Waals surface area contributed by atoms with E-state index in [0.29, 0.717) is 13.1 Å². The van der Waals surface area contributed by atoms with Crippen molar-refractivity contribution in [1.82, 2.24) is 15.5 Å². The summed E-state index contributed by atoms with van der Waals surface area (Å²) in [6.45, 7) is 4.27. The van der Waals surface area contributed by atoms with Gasteiger partial charge in [-0.05, 0) is 13.8 Å². The van der Waals surface area contributed by atoms with E-state index in [4.69, 9.17) is 5.11 Å². The topological polar surface area (TPSA) is 98.7 Å². The number of urea groups is 1. The number of carbonyl (C=O) groups excluding carboxylic acids is 2. The van der Waals surface area contributed by atoms with Gasteiger partial charge in [-0.2, -0.15) is 0 Å². The quantitative estimate of drug-likeness (QED) is 0.615. The van der Waals surface area contributed by atoms with Gasteiger partial charge in [0.15, 0.2) is 0 Å². The molecule has 1 saturated heterocycles. The predicted octanol–water partition coefficient (Wildman–Crippen LogP) is -0.620. The largest absolute Gasteiger partial charge is 0.481 e. The summed E-state index contributed by atoms with van der Waals surface area (Å²) in [5, 5.41) is 13.9. The summed E-state index contributed by atoms with van der Waals surface area (Å²) >= 11 is 0. The smallest absolute Gasteiger partial charge is 0.318 e. The first-order valence-corrected chi connectivity index (χ1v) is 5.48. The zero-order chi connectivity index (χ0) is 13.0. The van der Waals surface area contributed by atoms with Crippen molar-refractivity contribution in [3.8, 4) is 0 Å². The van der Waals surface area contributed by atoms with Gasteiger partial charge in [0.1, 0.15) is 6.04 Å². The van der Waals surface area contributed by atoms with Crippen LogP contribution in [-0.2, 0) is 9.59 Å². The summed E-state index contributed by atoms with van der Waals surface area (Å²) in [7, 11) is 0. The van der Waals surface area contributed by atoms with E-state index in [0.717, 1.165) is 0 Å². The highest BCUT2D eigenvalue weighted by Crippen LogP contribution is 2.09. The van der Waals surface area contributed by atoms with Crippen molar-refractivity contribution in [3.05, 3.63) is 0 Å². The molecular formula is C10H17N3O4. The van der Waals surface area contributed by atoms with Gasteiger partial charge >= 0.3 is 12.0 Å². The van der Waals surface area contributed by atoms with E-state index in [1.807, 2.05) is 0 Å². The molecule has 1 rings (SSSR count). The Bertz CT molecular complexity index is 330. The first-order valence-electron chi connectivity index (χ1n) is 5.48. The van der Waals surface area contributed by atoms with Crippen LogP contribution in [0.15, 0.2) is 0 Å². The fraction of sp³-hybridized carbons (Fsp3) is 0.700. The number of amides is 3. The van der Waals surface area contributed by atoms with Gasteiger partial charge in [-0.25, -0.2) is 4.79 Å². The van der Waals surface area contributed by atoms with E-state index >= 15 is 0 Å². The van der Waals surface area contributed by atoms with Gasteiger partial charge in [-0.15, -0.1) is 0 Å². The summed E-state index contributed by atoms with van der Waals surface area (Å²) in [5.74, 6) is -1.52. The SMILES string of the molecule is CC(C)NC(=O)N1CCNC(=O)C1CC(=O)O. The molecule has 1 unspecified atom stereocenters. The van der Waals surface area contributed by atoms with Crippen LogP contribution in [0.5, 0.6) is 0 Å². The van der Waals surface area contributed by atoms with Crippen LogP contribution in [0.4, 0.5) is 4.79 Å². The molecule has 0 spiro atoms. The first-order chi connectivity index (χ1) is 7.91. The lowest BCUT2D eigenvalue weighted by Crippen LogP contribution is -2.60. The molecule has 1 atom stereocenters. The minimum atomic E-state index is -1.10. The van der Waals surface area contributed by atoms with Crippen LogP contribution in [0.1, 0.15) is 20.3 Å². The summed E-state index contributed by atoms with van der Waals surface area (Å²) in [6.07, 6.45) is -0.378. The molecule has 7 nitrogen and oxygen atoms in total. The number of carboxylic acid groups (broad SMARTS) is 1. The Balaban J connectivity index is 2.74. The molecule has 3 N–H and O–H groups in total. The molecule has 17 heavy (non-hydrogen) atoms. The Kier molecular flexibility index (Phi) is 4.30. The predicted molar refractivity (Wildman–Crippen MR) is 59.4 cm³/mol. The summed E-state index contributed by atoms with van der Waals surface area (Å²) in [4.78, 5) is 35.3. The van der Waals surface area contributed by atoms with Crippen LogP contribution in [0, 0.1) is 0 Å². The molecule has 0 aromatic carbocycles. The molecule has 1 fully saturated rings. The van der Waals surface area contributed by atoms with Gasteiger partial charge in [-0.3, -0.25) is 9.59 Å². The van der Waals surface area contributed by atoms with E-state index in [2.05, 4.69) is 10.6 Å². The van der Waals surface area contributed by atoms with Crippen LogP contribution >= 0.6 is 0 Å². The van der Waals surface area contributed by atoms with E-state index in [-0.39, 0.29) is 12.5 Å². The molecule has 0 aliphatic carbocycles. The Labute approximate surface area is 99.2 Å². The zero-order valence-electron chi connectivity index (χ0n) is 9.90. The van der Waals surface area contributed by atoms with E-state index in [9.17, 15) is 14.4 Å². The second-order valence-electron chi connectivity index (χ2n) is 4.20. The number of aliphatic carboxylic acids is 1. The van der Waals surface area contributed by atoms with Crippen molar-refractivity contribution < 1.29 is 19.5 Å². The fourth-order valence-electron chi connectivity index (χ4n) is 1.66. The summed E-state index contributed by atoms with van der Waals surface area (Å²) in [5.41, 5.74) is 0. The lowest BCUT2D eigenvalue weighted by Gasteiger charge is -2.34. The summed E-state index contributed by atoms with van der Waals surface area (Å²) in [6, 6.07) is -1.39. The molecule has 1 aliphatic heterocycles. The number of piperazine rings is 1. The standard InChI is InChI=1S/C10H17N3O4/c1-6(2)12-10(17)13-4-3-11-9(16)7(13)5-8(14)15/h6-7H,3-5H2,1-2H3,(H,11,16)(H,12,17)(H,14,15). The molecule has 0 radical (unpaired) electrons. The number of hydrogen-bond donors (Lipinski definition) is 3. The van der Waals surface area contributed by atoms with Crippen molar-refractivity contribution >= 4 is 17.9 Å². The third-order valence-electron chi connectivity index (χ3n) is 2.37. The lowest BCUT2D eigenvalue weighted by atomic mass is 10.1. The van der Waals surface area contributed by atoms with Crippen molar-refractivity contribution in [2.24, 2.45) is 0 Å². The Morgan fingerprint density at radius 3 is 2.76 bits per heavy atom. The third kappa shape index (κ3) is 3.61. The van der Waals surface area contributed by atoms with Gasteiger partial charge in [0.05, 0.1) is 6.42 Å². The number of hydrogen-bond acceptors (Lipinski definition) is 3. The summed E-state index contributed by atoms with van der Waals surface area (Å²) < 4.78 is 0. The molecule has 0 aromatic rings. The van der Waals surface area contributed by atoms with Crippen LogP contribution in [-0.4, -0.2) is 53.1 Å². The average molecular weight is 243 g/mol. The monoisotopic (exact) mass is 243 g/mol. The molecule has 96 valence electrons. The molecular weight excluding hydrogens is 226 g/mol. The Morgan fingerprint density at radius 2 is 2.24 bits per heavy atom. The minimum absolute atomic E-state index is 0.0574. The van der Waals surface area contributed by atoms with Crippen molar-refractivity contribution in [3.63, 3.8) is 0 Å². The van der Waals surface area contributed by atoms with Crippen molar-refractivity contribution in [2.45, 2.75) is 32.4 Å². The molecule has 7 heteroatoms. The highest BCUT2D eigenvalue weighted by molar-refractivity contribution is 5.91. The highest BCUT2D eigenvalue weighted by atomic mass is 16.4. The molecule has 0 saturated carbocycles. The number of carbonyl (C=O) groups is 3. The average Bonchev–Trinajstić information content (AvgIpc) is 2.19. The van der Waals surface area contributed by atoms with Gasteiger partial charge in [0.25, 0.3) is 0 Å². The first kappa shape index (κ1) is 13.3. The normalized spacial score (nSPS) is 20.1. The zero-order valence-corrected chi connectivity index (χ0v) is 9.90. The Morgan fingerprint density at radius 1 is 1.59 bits per heavy atom. The van der Waals surface area contributed by atoms with E-state index in [1.54, 1.807) is 13.8 Å². The molecule has 3 amide bonds. The van der Waals surface area contributed by atoms with Gasteiger partial charge in [0, 0.05) is 19.1 Å². The maximum absolute atomic E-state index is 11.8. The fourth-order valence-corrected chi connectivity index (χ4v) is 1.66. The van der Waals surface area contributed by atoms with Crippen LogP contribution in [0.3, 0.4) is 0 Å². The van der Waals surface area contributed by atoms with Crippen molar-refractivity contribution in [2.75, 3.05) is 13.1 Å². The molecule has 1 heterocycles.